The van der Waals surface area contributed by atoms with Crippen molar-refractivity contribution < 1.29 is 14.3 Å². The Kier molecular flexibility index (Phi) is 7.56. The second-order valence-electron chi connectivity index (χ2n) is 5.17. The molecule has 0 rings (SSSR count). The van der Waals surface area contributed by atoms with E-state index in [1.807, 2.05) is 20.8 Å². The zero-order chi connectivity index (χ0) is 14.3. The molecule has 3 heteroatoms. The second-order valence-corrected chi connectivity index (χ2v) is 5.17. The molecule has 0 aromatic carbocycles. The summed E-state index contributed by atoms with van der Waals surface area (Å²) in [6, 6.07) is 0. The first-order valence-electron chi connectivity index (χ1n) is 6.71. The molecule has 0 N–H and O–H groups in total. The minimum Gasteiger partial charge on any atom is -0.458 e. The summed E-state index contributed by atoms with van der Waals surface area (Å²) in [6.07, 6.45) is 3.00. The molecule has 0 aliphatic heterocycles. The molecule has 2 unspecified atom stereocenters. The third-order valence-electron chi connectivity index (χ3n) is 2.86. The van der Waals surface area contributed by atoms with Gasteiger partial charge >= 0.3 is 5.97 Å². The lowest BCUT2D eigenvalue weighted by Gasteiger charge is -2.17. The van der Waals surface area contributed by atoms with Gasteiger partial charge in [0.05, 0.1) is 0 Å². The van der Waals surface area contributed by atoms with Gasteiger partial charge in [-0.3, -0.25) is 9.59 Å². The van der Waals surface area contributed by atoms with Crippen molar-refractivity contribution in [3.8, 4) is 0 Å². The molecule has 104 valence electrons. The first-order valence-corrected chi connectivity index (χ1v) is 6.71. The van der Waals surface area contributed by atoms with Gasteiger partial charge in [0.15, 0.2) is 0 Å². The maximum absolute atomic E-state index is 11.8. The van der Waals surface area contributed by atoms with Gasteiger partial charge in [-0.2, -0.15) is 0 Å². The molecule has 0 heterocycles. The number of allylic oxidation sites excluding steroid dienone is 1. The second kappa shape index (κ2) is 8.06. The number of ether oxygens (including phenoxy) is 1. The molecule has 0 fully saturated rings. The lowest BCUT2D eigenvalue weighted by atomic mass is 10.0. The zero-order valence-electron chi connectivity index (χ0n) is 12.4. The summed E-state index contributed by atoms with van der Waals surface area (Å²) < 4.78 is 5.31. The Balaban J connectivity index is 4.43. The van der Waals surface area contributed by atoms with Gasteiger partial charge in [0.25, 0.3) is 0 Å². The minimum absolute atomic E-state index is 0.0415. The molecule has 0 spiro atoms. The largest absolute Gasteiger partial charge is 0.458 e. The summed E-state index contributed by atoms with van der Waals surface area (Å²) >= 11 is 0. The number of hydrogen-bond donors (Lipinski definition) is 0. The fraction of sp³-hybridized carbons (Fsp3) is 0.733. The van der Waals surface area contributed by atoms with Gasteiger partial charge in [-0.05, 0) is 38.7 Å². The summed E-state index contributed by atoms with van der Waals surface area (Å²) in [5.74, 6) is -0.692. The summed E-state index contributed by atoms with van der Waals surface area (Å²) in [4.78, 5) is 23.4. The standard InChI is InChI=1S/C15H26O3/c1-7-8-14(16)12(5)15(17)18-13(6)11(4)9-10(2)3/h9-10,12-13H,7-8H2,1-6H3. The van der Waals surface area contributed by atoms with Gasteiger partial charge in [0, 0.05) is 6.42 Å². The van der Waals surface area contributed by atoms with Crippen LogP contribution in [0.2, 0.25) is 0 Å². The number of Topliss-reactive ketones (excluding diaryl/α,β-unsaturated/α-hetero) is 1. The van der Waals surface area contributed by atoms with Crippen LogP contribution in [0.25, 0.3) is 0 Å². The highest BCUT2D eigenvalue weighted by molar-refractivity contribution is 5.98. The van der Waals surface area contributed by atoms with E-state index < -0.39 is 11.9 Å². The molecular weight excluding hydrogens is 228 g/mol. The van der Waals surface area contributed by atoms with Crippen LogP contribution in [0.1, 0.15) is 54.4 Å². The Morgan fingerprint density at radius 3 is 2.17 bits per heavy atom. The predicted molar refractivity (Wildman–Crippen MR) is 73.2 cm³/mol. The van der Waals surface area contributed by atoms with Gasteiger partial charge in [-0.25, -0.2) is 0 Å². The molecule has 3 nitrogen and oxygen atoms in total. The smallest absolute Gasteiger partial charge is 0.316 e. The van der Waals surface area contributed by atoms with Crippen molar-refractivity contribution in [3.05, 3.63) is 11.6 Å². The van der Waals surface area contributed by atoms with E-state index in [1.165, 1.54) is 0 Å². The van der Waals surface area contributed by atoms with Crippen LogP contribution >= 0.6 is 0 Å². The van der Waals surface area contributed by atoms with Crippen molar-refractivity contribution >= 4 is 11.8 Å². The van der Waals surface area contributed by atoms with E-state index >= 15 is 0 Å². The number of esters is 1. The topological polar surface area (TPSA) is 43.4 Å². The molecule has 0 aromatic rings. The highest BCUT2D eigenvalue weighted by Gasteiger charge is 2.24. The molecule has 0 radical (unpaired) electrons. The molecule has 0 aliphatic carbocycles. The normalized spacial score (nSPS) is 15.4. The van der Waals surface area contributed by atoms with E-state index in [2.05, 4.69) is 19.9 Å². The fourth-order valence-electron chi connectivity index (χ4n) is 1.62. The third kappa shape index (κ3) is 5.99. The molecule has 0 bridgehead atoms. The van der Waals surface area contributed by atoms with Crippen molar-refractivity contribution in [2.75, 3.05) is 0 Å². The average molecular weight is 254 g/mol. The van der Waals surface area contributed by atoms with Gasteiger partial charge in [0.1, 0.15) is 17.8 Å². The van der Waals surface area contributed by atoms with E-state index in [1.54, 1.807) is 6.92 Å². The van der Waals surface area contributed by atoms with E-state index in [0.29, 0.717) is 12.3 Å². The van der Waals surface area contributed by atoms with Crippen LogP contribution in [-0.2, 0) is 14.3 Å². The molecule has 0 saturated carbocycles. The number of rotatable bonds is 7. The third-order valence-corrected chi connectivity index (χ3v) is 2.86. The molecule has 0 aliphatic rings. The molecule has 0 saturated heterocycles. The summed E-state index contributed by atoms with van der Waals surface area (Å²) in [5, 5.41) is 0. The van der Waals surface area contributed by atoms with Crippen LogP contribution in [0.4, 0.5) is 0 Å². The Morgan fingerprint density at radius 1 is 1.17 bits per heavy atom. The number of ketones is 1. The van der Waals surface area contributed by atoms with E-state index in [4.69, 9.17) is 4.74 Å². The van der Waals surface area contributed by atoms with Crippen LogP contribution in [0.3, 0.4) is 0 Å². The average Bonchev–Trinajstić information content (AvgIpc) is 2.27. The van der Waals surface area contributed by atoms with Gasteiger partial charge < -0.3 is 4.74 Å². The van der Waals surface area contributed by atoms with Crippen LogP contribution in [0.5, 0.6) is 0 Å². The first kappa shape index (κ1) is 16.9. The predicted octanol–water partition coefficient (Wildman–Crippen LogP) is 3.53. The van der Waals surface area contributed by atoms with Gasteiger partial charge in [0.2, 0.25) is 0 Å². The number of carbonyl (C=O) groups is 2. The van der Waals surface area contributed by atoms with Gasteiger partial charge in [-0.1, -0.05) is 26.8 Å². The lowest BCUT2D eigenvalue weighted by molar-refractivity contribution is -0.153. The molecule has 2 atom stereocenters. The first-order chi connectivity index (χ1) is 8.29. The number of carbonyl (C=O) groups excluding carboxylic acids is 2. The van der Waals surface area contributed by atoms with Crippen molar-refractivity contribution in [2.45, 2.75) is 60.5 Å². The van der Waals surface area contributed by atoms with Gasteiger partial charge in [-0.15, -0.1) is 0 Å². The number of hydrogen-bond acceptors (Lipinski definition) is 3. The summed E-state index contributed by atoms with van der Waals surface area (Å²) in [6.45, 7) is 11.5. The highest BCUT2D eigenvalue weighted by atomic mass is 16.5. The van der Waals surface area contributed by atoms with Crippen LogP contribution in [-0.4, -0.2) is 17.9 Å². The maximum Gasteiger partial charge on any atom is 0.316 e. The SMILES string of the molecule is CCCC(=O)C(C)C(=O)OC(C)C(C)=CC(C)C. The lowest BCUT2D eigenvalue weighted by Crippen LogP contribution is -2.27. The Bertz CT molecular complexity index is 316. The Hall–Kier alpha value is -1.12. The van der Waals surface area contributed by atoms with E-state index in [-0.39, 0.29) is 11.9 Å². The summed E-state index contributed by atoms with van der Waals surface area (Å²) in [7, 11) is 0. The monoisotopic (exact) mass is 254 g/mol. The maximum atomic E-state index is 11.8. The molecule has 18 heavy (non-hydrogen) atoms. The van der Waals surface area contributed by atoms with Crippen molar-refractivity contribution in [2.24, 2.45) is 11.8 Å². The molecular formula is C15H26O3. The Morgan fingerprint density at radius 2 is 1.72 bits per heavy atom. The minimum atomic E-state index is -0.653. The zero-order valence-corrected chi connectivity index (χ0v) is 12.4. The van der Waals surface area contributed by atoms with Crippen molar-refractivity contribution in [1.29, 1.82) is 0 Å². The molecule has 0 amide bonds. The summed E-state index contributed by atoms with van der Waals surface area (Å²) in [5.41, 5.74) is 1.02. The van der Waals surface area contributed by atoms with Crippen LogP contribution in [0, 0.1) is 11.8 Å². The molecule has 0 aromatic heterocycles. The Labute approximate surface area is 111 Å². The van der Waals surface area contributed by atoms with E-state index in [0.717, 1.165) is 12.0 Å². The van der Waals surface area contributed by atoms with Crippen LogP contribution in [0.15, 0.2) is 11.6 Å². The highest BCUT2D eigenvalue weighted by Crippen LogP contribution is 2.13. The van der Waals surface area contributed by atoms with Crippen molar-refractivity contribution in [1.82, 2.24) is 0 Å². The van der Waals surface area contributed by atoms with E-state index in [9.17, 15) is 9.59 Å². The van der Waals surface area contributed by atoms with Crippen molar-refractivity contribution in [3.63, 3.8) is 0 Å². The van der Waals surface area contributed by atoms with Crippen LogP contribution < -0.4 is 0 Å². The fourth-order valence-corrected chi connectivity index (χ4v) is 1.62. The quantitative estimate of drug-likeness (QED) is 0.396.